The van der Waals surface area contributed by atoms with E-state index in [0.29, 0.717) is 28.1 Å². The lowest BCUT2D eigenvalue weighted by atomic mass is 10.1. The van der Waals surface area contributed by atoms with Gasteiger partial charge in [-0.15, -0.1) is 0 Å². The SMILES string of the molecule is CCOC(=O)c1ccc(NC(=O)COC(=O)c2[nH]c(C)c(C(C)=O)c2C)cc1. The van der Waals surface area contributed by atoms with Crippen LogP contribution in [-0.4, -0.2) is 41.8 Å². The molecule has 2 N–H and O–H groups in total. The third-order valence-corrected chi connectivity index (χ3v) is 4.01. The van der Waals surface area contributed by atoms with Gasteiger partial charge in [0, 0.05) is 16.9 Å². The van der Waals surface area contributed by atoms with Gasteiger partial charge in [-0.2, -0.15) is 0 Å². The van der Waals surface area contributed by atoms with E-state index in [1.165, 1.54) is 19.1 Å². The number of hydrogen-bond donors (Lipinski definition) is 2. The molecule has 0 saturated heterocycles. The number of H-pyrrole nitrogens is 1. The fourth-order valence-corrected chi connectivity index (χ4v) is 2.79. The number of esters is 2. The van der Waals surface area contributed by atoms with E-state index in [-0.39, 0.29) is 18.1 Å². The summed E-state index contributed by atoms with van der Waals surface area (Å²) < 4.78 is 9.90. The zero-order valence-corrected chi connectivity index (χ0v) is 16.2. The summed E-state index contributed by atoms with van der Waals surface area (Å²) in [6.07, 6.45) is 0. The summed E-state index contributed by atoms with van der Waals surface area (Å²) in [5.41, 5.74) is 2.46. The molecular formula is C20H22N2O6. The number of carbonyl (C=O) groups excluding carboxylic acids is 4. The smallest absolute Gasteiger partial charge is 0.355 e. The van der Waals surface area contributed by atoms with Crippen molar-refractivity contribution in [2.75, 3.05) is 18.5 Å². The molecule has 1 aromatic carbocycles. The van der Waals surface area contributed by atoms with Crippen LogP contribution in [0.5, 0.6) is 0 Å². The first-order valence-corrected chi connectivity index (χ1v) is 8.68. The normalized spacial score (nSPS) is 10.3. The Hall–Kier alpha value is -3.42. The van der Waals surface area contributed by atoms with E-state index in [4.69, 9.17) is 9.47 Å². The van der Waals surface area contributed by atoms with Crippen LogP contribution in [0, 0.1) is 13.8 Å². The zero-order valence-electron chi connectivity index (χ0n) is 16.2. The van der Waals surface area contributed by atoms with E-state index >= 15 is 0 Å². The first kappa shape index (κ1) is 20.9. The molecule has 2 rings (SSSR count). The van der Waals surface area contributed by atoms with Gasteiger partial charge in [0.05, 0.1) is 12.2 Å². The average Bonchev–Trinajstić information content (AvgIpc) is 2.95. The van der Waals surface area contributed by atoms with E-state index in [1.807, 2.05) is 0 Å². The Labute approximate surface area is 162 Å². The van der Waals surface area contributed by atoms with Crippen LogP contribution in [0.4, 0.5) is 5.69 Å². The summed E-state index contributed by atoms with van der Waals surface area (Å²) in [6.45, 7) is 6.24. The predicted octanol–water partition coefficient (Wildman–Crippen LogP) is 2.81. The molecule has 0 aliphatic carbocycles. The quantitative estimate of drug-likeness (QED) is 0.559. The number of nitrogens with one attached hydrogen (secondary N) is 2. The van der Waals surface area contributed by atoms with Crippen LogP contribution in [0.15, 0.2) is 24.3 Å². The summed E-state index contributed by atoms with van der Waals surface area (Å²) in [5.74, 6) is -1.86. The van der Waals surface area contributed by atoms with Gasteiger partial charge in [-0.1, -0.05) is 0 Å². The maximum absolute atomic E-state index is 12.2. The number of carbonyl (C=O) groups is 4. The number of benzene rings is 1. The first-order chi connectivity index (χ1) is 13.2. The maximum atomic E-state index is 12.2. The summed E-state index contributed by atoms with van der Waals surface area (Å²) in [5, 5.41) is 2.56. The van der Waals surface area contributed by atoms with Crippen molar-refractivity contribution >= 4 is 29.3 Å². The van der Waals surface area contributed by atoms with Gasteiger partial charge in [0.2, 0.25) is 0 Å². The van der Waals surface area contributed by atoms with Crippen LogP contribution in [0.3, 0.4) is 0 Å². The van der Waals surface area contributed by atoms with Crippen molar-refractivity contribution in [2.45, 2.75) is 27.7 Å². The standard InChI is InChI=1S/C20H22N2O6/c1-5-27-19(25)14-6-8-15(9-7-14)22-16(24)10-28-20(26)18-11(2)17(13(4)23)12(3)21-18/h6-9,21H,5,10H2,1-4H3,(H,22,24). The Bertz CT molecular complexity index is 912. The zero-order chi connectivity index (χ0) is 20.8. The number of ether oxygens (including phenoxy) is 2. The molecule has 0 spiro atoms. The first-order valence-electron chi connectivity index (χ1n) is 8.68. The van der Waals surface area contributed by atoms with E-state index in [1.54, 1.807) is 32.9 Å². The number of rotatable bonds is 7. The molecular weight excluding hydrogens is 364 g/mol. The Morgan fingerprint density at radius 1 is 1.00 bits per heavy atom. The van der Waals surface area contributed by atoms with Gasteiger partial charge in [0.25, 0.3) is 5.91 Å². The minimum Gasteiger partial charge on any atom is -0.462 e. The van der Waals surface area contributed by atoms with Crippen molar-refractivity contribution in [3.63, 3.8) is 0 Å². The number of aryl methyl sites for hydroxylation is 1. The highest BCUT2D eigenvalue weighted by Crippen LogP contribution is 2.19. The second-order valence-corrected chi connectivity index (χ2v) is 6.10. The molecule has 148 valence electrons. The van der Waals surface area contributed by atoms with E-state index in [9.17, 15) is 19.2 Å². The Kier molecular flexibility index (Phi) is 6.70. The molecule has 1 aromatic heterocycles. The number of aromatic nitrogens is 1. The Morgan fingerprint density at radius 3 is 2.18 bits per heavy atom. The lowest BCUT2D eigenvalue weighted by molar-refractivity contribution is -0.119. The average molecular weight is 386 g/mol. The summed E-state index contributed by atoms with van der Waals surface area (Å²) in [7, 11) is 0. The highest BCUT2D eigenvalue weighted by Gasteiger charge is 2.21. The third-order valence-electron chi connectivity index (χ3n) is 4.01. The molecule has 1 amide bonds. The van der Waals surface area contributed by atoms with Crippen LogP contribution in [0.1, 0.15) is 56.3 Å². The molecule has 28 heavy (non-hydrogen) atoms. The molecule has 1 heterocycles. The van der Waals surface area contributed by atoms with Crippen molar-refractivity contribution in [1.29, 1.82) is 0 Å². The van der Waals surface area contributed by atoms with Crippen LogP contribution in [-0.2, 0) is 14.3 Å². The molecule has 0 aliphatic heterocycles. The van der Waals surface area contributed by atoms with E-state index < -0.39 is 24.5 Å². The minimum atomic E-state index is -0.721. The fraction of sp³-hybridized carbons (Fsp3) is 0.300. The second kappa shape index (κ2) is 8.98. The van der Waals surface area contributed by atoms with Crippen molar-refractivity contribution in [1.82, 2.24) is 4.98 Å². The number of hydrogen-bond acceptors (Lipinski definition) is 6. The molecule has 8 nitrogen and oxygen atoms in total. The number of anilines is 1. The summed E-state index contributed by atoms with van der Waals surface area (Å²) in [6, 6.07) is 6.13. The highest BCUT2D eigenvalue weighted by molar-refractivity contribution is 6.02. The van der Waals surface area contributed by atoms with Gasteiger partial charge in [-0.3, -0.25) is 9.59 Å². The summed E-state index contributed by atoms with van der Waals surface area (Å²) in [4.78, 5) is 50.2. The predicted molar refractivity (Wildman–Crippen MR) is 102 cm³/mol. The summed E-state index contributed by atoms with van der Waals surface area (Å²) >= 11 is 0. The molecule has 0 bridgehead atoms. The van der Waals surface area contributed by atoms with Crippen LogP contribution in [0.25, 0.3) is 0 Å². The van der Waals surface area contributed by atoms with Crippen molar-refractivity contribution in [3.05, 3.63) is 52.3 Å². The molecule has 0 unspecified atom stereocenters. The molecule has 8 heteroatoms. The fourth-order valence-electron chi connectivity index (χ4n) is 2.79. The molecule has 0 atom stereocenters. The highest BCUT2D eigenvalue weighted by atomic mass is 16.5. The number of Topliss-reactive ketones (excluding diaryl/α,β-unsaturated/α-hetero) is 1. The van der Waals surface area contributed by atoms with Crippen LogP contribution < -0.4 is 5.32 Å². The van der Waals surface area contributed by atoms with Crippen LogP contribution in [0.2, 0.25) is 0 Å². The van der Waals surface area contributed by atoms with Crippen LogP contribution >= 0.6 is 0 Å². The number of ketones is 1. The Balaban J connectivity index is 1.94. The molecule has 0 saturated carbocycles. The van der Waals surface area contributed by atoms with Gasteiger partial charge < -0.3 is 19.8 Å². The molecule has 0 radical (unpaired) electrons. The number of amides is 1. The number of aromatic amines is 1. The minimum absolute atomic E-state index is 0.147. The van der Waals surface area contributed by atoms with Crippen molar-refractivity contribution in [2.24, 2.45) is 0 Å². The lowest BCUT2D eigenvalue weighted by Crippen LogP contribution is -2.21. The van der Waals surface area contributed by atoms with E-state index in [0.717, 1.165) is 0 Å². The lowest BCUT2D eigenvalue weighted by Gasteiger charge is -2.07. The van der Waals surface area contributed by atoms with E-state index in [2.05, 4.69) is 10.3 Å². The monoisotopic (exact) mass is 386 g/mol. The second-order valence-electron chi connectivity index (χ2n) is 6.10. The van der Waals surface area contributed by atoms with Gasteiger partial charge in [-0.05, 0) is 57.5 Å². The maximum Gasteiger partial charge on any atom is 0.355 e. The molecule has 0 aliphatic rings. The van der Waals surface area contributed by atoms with Crippen molar-refractivity contribution < 1.29 is 28.7 Å². The van der Waals surface area contributed by atoms with Gasteiger partial charge in [-0.25, -0.2) is 9.59 Å². The topological polar surface area (TPSA) is 115 Å². The van der Waals surface area contributed by atoms with Gasteiger partial charge in [0.15, 0.2) is 12.4 Å². The van der Waals surface area contributed by atoms with Gasteiger partial charge in [0.1, 0.15) is 5.69 Å². The third kappa shape index (κ3) is 4.85. The molecule has 2 aromatic rings. The van der Waals surface area contributed by atoms with Gasteiger partial charge >= 0.3 is 11.9 Å². The largest absolute Gasteiger partial charge is 0.462 e. The Morgan fingerprint density at radius 2 is 1.64 bits per heavy atom. The van der Waals surface area contributed by atoms with Crippen molar-refractivity contribution in [3.8, 4) is 0 Å². The molecule has 0 fully saturated rings.